The van der Waals surface area contributed by atoms with Gasteiger partial charge in [-0.25, -0.2) is 0 Å². The molecule has 58 valence electrons. The van der Waals surface area contributed by atoms with Gasteiger partial charge in [0.25, 0.3) is 0 Å². The Bertz CT molecular complexity index is 108. The molecule has 0 fully saturated rings. The third-order valence-electron chi connectivity index (χ3n) is 1.18. The van der Waals surface area contributed by atoms with E-state index in [1.165, 1.54) is 0 Å². The molecular formula is C8H14O2. The molecule has 0 aliphatic rings. The summed E-state index contributed by atoms with van der Waals surface area (Å²) >= 11 is 0. The van der Waals surface area contributed by atoms with Gasteiger partial charge in [0, 0.05) is 26.6 Å². The van der Waals surface area contributed by atoms with Crippen LogP contribution in [0.5, 0.6) is 0 Å². The van der Waals surface area contributed by atoms with Gasteiger partial charge in [0.15, 0.2) is 0 Å². The Morgan fingerprint density at radius 3 is 2.90 bits per heavy atom. The van der Waals surface area contributed by atoms with Crippen molar-refractivity contribution in [3.05, 3.63) is 12.7 Å². The molecule has 10 heavy (non-hydrogen) atoms. The molecule has 0 radical (unpaired) electrons. The smallest absolute Gasteiger partial charge is 0.136 e. The largest absolute Gasteiger partial charge is 0.385 e. The van der Waals surface area contributed by atoms with E-state index < -0.39 is 0 Å². The summed E-state index contributed by atoms with van der Waals surface area (Å²) in [6, 6.07) is 0. The second-order valence-electron chi connectivity index (χ2n) is 2.13. The van der Waals surface area contributed by atoms with E-state index in [0.717, 1.165) is 6.42 Å². The first-order valence-electron chi connectivity index (χ1n) is 3.42. The Morgan fingerprint density at radius 2 is 2.40 bits per heavy atom. The van der Waals surface area contributed by atoms with E-state index in [0.29, 0.717) is 19.4 Å². The lowest BCUT2D eigenvalue weighted by Crippen LogP contribution is -1.98. The molecule has 2 heteroatoms. The molecule has 0 saturated heterocycles. The van der Waals surface area contributed by atoms with Crippen LogP contribution in [0.2, 0.25) is 0 Å². The van der Waals surface area contributed by atoms with Crippen LogP contribution in [0, 0.1) is 0 Å². The molecule has 2 nitrogen and oxygen atoms in total. The first-order chi connectivity index (χ1) is 4.81. The van der Waals surface area contributed by atoms with Gasteiger partial charge in [0.2, 0.25) is 0 Å². The molecule has 0 bridgehead atoms. The average molecular weight is 142 g/mol. The molecule has 0 amide bonds. The highest BCUT2D eigenvalue weighted by Crippen LogP contribution is 1.95. The molecule has 0 spiro atoms. The summed E-state index contributed by atoms with van der Waals surface area (Å²) in [6.07, 6.45) is 3.56. The predicted molar refractivity (Wildman–Crippen MR) is 40.9 cm³/mol. The summed E-state index contributed by atoms with van der Waals surface area (Å²) in [5.41, 5.74) is 0. The summed E-state index contributed by atoms with van der Waals surface area (Å²) in [5.74, 6) is 0.243. The van der Waals surface area contributed by atoms with Crippen molar-refractivity contribution in [1.82, 2.24) is 0 Å². The Kier molecular flexibility index (Phi) is 6.08. The van der Waals surface area contributed by atoms with Crippen LogP contribution in [0.3, 0.4) is 0 Å². The van der Waals surface area contributed by atoms with Gasteiger partial charge in [-0.3, -0.25) is 4.79 Å². The van der Waals surface area contributed by atoms with E-state index in [-0.39, 0.29) is 5.78 Å². The lowest BCUT2D eigenvalue weighted by Gasteiger charge is -1.95. The minimum absolute atomic E-state index is 0.243. The number of ether oxygens (including phenoxy) is 1. The monoisotopic (exact) mass is 142 g/mol. The van der Waals surface area contributed by atoms with Gasteiger partial charge >= 0.3 is 0 Å². The number of methoxy groups -OCH3 is 1. The minimum Gasteiger partial charge on any atom is -0.385 e. The Labute approximate surface area is 61.9 Å². The van der Waals surface area contributed by atoms with Crippen LogP contribution >= 0.6 is 0 Å². The zero-order valence-corrected chi connectivity index (χ0v) is 6.43. The van der Waals surface area contributed by atoms with Gasteiger partial charge in [0.1, 0.15) is 5.78 Å². The highest BCUT2D eigenvalue weighted by molar-refractivity contribution is 5.79. The van der Waals surface area contributed by atoms with Gasteiger partial charge in [-0.2, -0.15) is 0 Å². The number of ketones is 1. The highest BCUT2D eigenvalue weighted by atomic mass is 16.5. The van der Waals surface area contributed by atoms with E-state index >= 15 is 0 Å². The SMILES string of the molecule is C=CCC(=O)CCCOC. The van der Waals surface area contributed by atoms with Crippen LogP contribution in [0.4, 0.5) is 0 Å². The van der Waals surface area contributed by atoms with Crippen LogP contribution in [0.15, 0.2) is 12.7 Å². The number of rotatable bonds is 6. The summed E-state index contributed by atoms with van der Waals surface area (Å²) in [4.78, 5) is 10.8. The molecule has 0 heterocycles. The van der Waals surface area contributed by atoms with E-state index in [1.54, 1.807) is 13.2 Å². The normalized spacial score (nSPS) is 9.30. The zero-order chi connectivity index (χ0) is 7.82. The zero-order valence-electron chi connectivity index (χ0n) is 6.43. The maximum atomic E-state index is 10.8. The van der Waals surface area contributed by atoms with Gasteiger partial charge < -0.3 is 4.74 Å². The predicted octanol–water partition coefficient (Wildman–Crippen LogP) is 1.56. The van der Waals surface area contributed by atoms with E-state index in [2.05, 4.69) is 6.58 Å². The van der Waals surface area contributed by atoms with Crippen molar-refractivity contribution in [3.63, 3.8) is 0 Å². The van der Waals surface area contributed by atoms with Crippen molar-refractivity contribution in [1.29, 1.82) is 0 Å². The van der Waals surface area contributed by atoms with Crippen LogP contribution in [-0.2, 0) is 9.53 Å². The van der Waals surface area contributed by atoms with Gasteiger partial charge in [-0.15, -0.1) is 6.58 Å². The standard InChI is InChI=1S/C8H14O2/c1-3-5-8(9)6-4-7-10-2/h3H,1,4-7H2,2H3. The Hall–Kier alpha value is -0.630. The van der Waals surface area contributed by atoms with Crippen LogP contribution in [-0.4, -0.2) is 19.5 Å². The average Bonchev–Trinajstić information content (AvgIpc) is 1.89. The van der Waals surface area contributed by atoms with Crippen LogP contribution in [0.25, 0.3) is 0 Å². The van der Waals surface area contributed by atoms with Crippen LogP contribution < -0.4 is 0 Å². The van der Waals surface area contributed by atoms with Gasteiger partial charge in [0.05, 0.1) is 0 Å². The molecule has 0 unspecified atom stereocenters. The molecule has 0 atom stereocenters. The third-order valence-corrected chi connectivity index (χ3v) is 1.18. The fourth-order valence-corrected chi connectivity index (χ4v) is 0.677. The van der Waals surface area contributed by atoms with Crippen LogP contribution in [0.1, 0.15) is 19.3 Å². The van der Waals surface area contributed by atoms with E-state index in [9.17, 15) is 4.79 Å². The first-order valence-corrected chi connectivity index (χ1v) is 3.42. The minimum atomic E-state index is 0.243. The molecular weight excluding hydrogens is 128 g/mol. The van der Waals surface area contributed by atoms with Gasteiger partial charge in [-0.1, -0.05) is 6.08 Å². The molecule has 0 aromatic carbocycles. The Morgan fingerprint density at radius 1 is 1.70 bits per heavy atom. The van der Waals surface area contributed by atoms with Crippen molar-refractivity contribution in [2.24, 2.45) is 0 Å². The second-order valence-corrected chi connectivity index (χ2v) is 2.13. The van der Waals surface area contributed by atoms with Gasteiger partial charge in [-0.05, 0) is 6.42 Å². The summed E-state index contributed by atoms with van der Waals surface area (Å²) in [5, 5.41) is 0. The molecule has 0 N–H and O–H groups in total. The lowest BCUT2D eigenvalue weighted by atomic mass is 10.2. The summed E-state index contributed by atoms with van der Waals surface area (Å²) in [6.45, 7) is 4.15. The number of carbonyl (C=O) groups excluding carboxylic acids is 1. The fraction of sp³-hybridized carbons (Fsp3) is 0.625. The van der Waals surface area contributed by atoms with E-state index in [1.807, 2.05) is 0 Å². The number of hydrogen-bond acceptors (Lipinski definition) is 2. The number of hydrogen-bond donors (Lipinski definition) is 0. The molecule has 0 aliphatic heterocycles. The molecule has 0 aromatic heterocycles. The summed E-state index contributed by atoms with van der Waals surface area (Å²) in [7, 11) is 1.64. The maximum Gasteiger partial charge on any atom is 0.136 e. The number of Topliss-reactive ketones (excluding diaryl/α,β-unsaturated/α-hetero) is 1. The molecule has 0 rings (SSSR count). The molecule has 0 aromatic rings. The van der Waals surface area contributed by atoms with Crippen molar-refractivity contribution in [2.45, 2.75) is 19.3 Å². The maximum absolute atomic E-state index is 10.8. The molecule has 0 saturated carbocycles. The second kappa shape index (κ2) is 6.49. The topological polar surface area (TPSA) is 26.3 Å². The van der Waals surface area contributed by atoms with E-state index in [4.69, 9.17) is 4.74 Å². The van der Waals surface area contributed by atoms with Crippen molar-refractivity contribution in [2.75, 3.05) is 13.7 Å². The molecule has 0 aliphatic carbocycles. The highest BCUT2D eigenvalue weighted by Gasteiger charge is 1.96. The Balaban J connectivity index is 3.13. The van der Waals surface area contributed by atoms with Crippen molar-refractivity contribution in [3.8, 4) is 0 Å². The summed E-state index contributed by atoms with van der Waals surface area (Å²) < 4.78 is 4.79. The van der Waals surface area contributed by atoms with Crippen molar-refractivity contribution < 1.29 is 9.53 Å². The number of allylic oxidation sites excluding steroid dienone is 1. The quantitative estimate of drug-likeness (QED) is 0.415. The first kappa shape index (κ1) is 9.37. The lowest BCUT2D eigenvalue weighted by molar-refractivity contribution is -0.118. The number of carbonyl (C=O) groups is 1. The van der Waals surface area contributed by atoms with Crippen molar-refractivity contribution >= 4 is 5.78 Å². The fourth-order valence-electron chi connectivity index (χ4n) is 0.677. The third kappa shape index (κ3) is 5.51.